The largest absolute Gasteiger partial charge is 0.285 e. The molecular weight excluding hydrogens is 322 g/mol. The number of carbonyl (C=O) groups is 2. The number of halogens is 1. The van der Waals surface area contributed by atoms with Gasteiger partial charge in [-0.05, 0) is 24.1 Å². The molecule has 116 valence electrons. The monoisotopic (exact) mass is 337 g/mol. The van der Waals surface area contributed by atoms with E-state index in [4.69, 9.17) is 11.6 Å². The Balaban J connectivity index is 2.14. The molecule has 0 saturated carbocycles. The van der Waals surface area contributed by atoms with Crippen LogP contribution in [0.5, 0.6) is 0 Å². The summed E-state index contributed by atoms with van der Waals surface area (Å²) in [5, 5.41) is 4.87. The highest BCUT2D eigenvalue weighted by Gasteiger charge is 2.37. The van der Waals surface area contributed by atoms with Crippen LogP contribution < -0.4 is 5.43 Å². The van der Waals surface area contributed by atoms with Crippen LogP contribution >= 0.6 is 23.4 Å². The molecule has 1 fully saturated rings. The predicted octanol–water partition coefficient (Wildman–Crippen LogP) is 2.42. The third-order valence-electron chi connectivity index (χ3n) is 2.98. The average Bonchev–Trinajstić information content (AvgIpc) is 2.77. The minimum Gasteiger partial charge on any atom is -0.285 e. The molecule has 1 N–H and O–H groups in total. The maximum absolute atomic E-state index is 12.5. The fourth-order valence-corrected chi connectivity index (χ4v) is 3.26. The van der Waals surface area contributed by atoms with Gasteiger partial charge in [0.25, 0.3) is 0 Å². The summed E-state index contributed by atoms with van der Waals surface area (Å²) < 4.78 is 0. The molecule has 1 aliphatic heterocycles. The highest BCUT2D eigenvalue weighted by atomic mass is 35.5. The standard InChI is InChI=1S/C15H16ClN3O2S/c1-3-8-19-14(21)13(22-15(19)18-17-10(2)20)9-11-4-6-12(16)7-5-11/h3-7,13H,1,8-9H2,2H3,(H,17,20)/b18-15-/t13-/m1/s1. The van der Waals surface area contributed by atoms with Crippen LogP contribution in [0.4, 0.5) is 0 Å². The smallest absolute Gasteiger partial charge is 0.242 e. The van der Waals surface area contributed by atoms with Crippen molar-refractivity contribution < 1.29 is 9.59 Å². The van der Waals surface area contributed by atoms with Crippen molar-refractivity contribution in [1.29, 1.82) is 0 Å². The molecule has 0 aliphatic carbocycles. The Morgan fingerprint density at radius 3 is 2.77 bits per heavy atom. The van der Waals surface area contributed by atoms with Crippen molar-refractivity contribution in [1.82, 2.24) is 10.3 Å². The Hall–Kier alpha value is -1.79. The van der Waals surface area contributed by atoms with E-state index in [9.17, 15) is 9.59 Å². The Bertz CT molecular complexity index is 616. The lowest BCUT2D eigenvalue weighted by molar-refractivity contribution is -0.126. The zero-order chi connectivity index (χ0) is 16.1. The summed E-state index contributed by atoms with van der Waals surface area (Å²) in [6.07, 6.45) is 2.21. The predicted molar refractivity (Wildman–Crippen MR) is 89.7 cm³/mol. The first-order valence-corrected chi connectivity index (χ1v) is 7.94. The second-order valence-electron chi connectivity index (χ2n) is 4.74. The van der Waals surface area contributed by atoms with Crippen LogP contribution in [-0.2, 0) is 16.0 Å². The number of rotatable bonds is 5. The first kappa shape index (κ1) is 16.6. The van der Waals surface area contributed by atoms with Crippen molar-refractivity contribution >= 4 is 40.3 Å². The van der Waals surface area contributed by atoms with Crippen molar-refractivity contribution in [2.24, 2.45) is 5.10 Å². The van der Waals surface area contributed by atoms with E-state index >= 15 is 0 Å². The summed E-state index contributed by atoms with van der Waals surface area (Å²) in [6, 6.07) is 7.40. The molecule has 1 aromatic rings. The normalized spacial score (nSPS) is 19.5. The minimum absolute atomic E-state index is 0.0380. The minimum atomic E-state index is -0.278. The molecule has 22 heavy (non-hydrogen) atoms. The molecule has 0 unspecified atom stereocenters. The lowest BCUT2D eigenvalue weighted by Crippen LogP contribution is -2.34. The molecule has 1 aromatic carbocycles. The van der Waals surface area contributed by atoms with E-state index in [2.05, 4.69) is 17.1 Å². The van der Waals surface area contributed by atoms with Crippen LogP contribution in [0.3, 0.4) is 0 Å². The second-order valence-corrected chi connectivity index (χ2v) is 6.34. The number of nitrogens with zero attached hydrogens (tertiary/aromatic N) is 2. The van der Waals surface area contributed by atoms with E-state index in [0.717, 1.165) is 5.56 Å². The number of nitrogens with one attached hydrogen (secondary N) is 1. The van der Waals surface area contributed by atoms with E-state index in [1.807, 2.05) is 12.1 Å². The summed E-state index contributed by atoms with van der Waals surface area (Å²) in [7, 11) is 0. The number of hydrogen-bond donors (Lipinski definition) is 1. The molecule has 0 spiro atoms. The molecule has 1 saturated heterocycles. The molecule has 2 amide bonds. The number of amides is 2. The molecule has 1 aliphatic rings. The third kappa shape index (κ3) is 4.11. The van der Waals surface area contributed by atoms with Gasteiger partial charge in [0, 0.05) is 18.5 Å². The third-order valence-corrected chi connectivity index (χ3v) is 4.40. The van der Waals surface area contributed by atoms with Crippen molar-refractivity contribution in [3.8, 4) is 0 Å². The number of hydrogen-bond acceptors (Lipinski definition) is 4. The summed E-state index contributed by atoms with van der Waals surface area (Å²) in [6.45, 7) is 5.38. The molecule has 0 bridgehead atoms. The van der Waals surface area contributed by atoms with Crippen molar-refractivity contribution in [2.45, 2.75) is 18.6 Å². The summed E-state index contributed by atoms with van der Waals surface area (Å²) in [4.78, 5) is 25.0. The molecule has 1 atom stereocenters. The Morgan fingerprint density at radius 1 is 1.50 bits per heavy atom. The van der Waals surface area contributed by atoms with Gasteiger partial charge in [-0.3, -0.25) is 14.5 Å². The summed E-state index contributed by atoms with van der Waals surface area (Å²) >= 11 is 7.20. The Labute approximate surface area is 138 Å². The summed E-state index contributed by atoms with van der Waals surface area (Å²) in [5.74, 6) is -0.316. The molecule has 7 heteroatoms. The van der Waals surface area contributed by atoms with E-state index in [1.54, 1.807) is 18.2 Å². The van der Waals surface area contributed by atoms with Gasteiger partial charge >= 0.3 is 0 Å². The summed E-state index contributed by atoms with van der Waals surface area (Å²) in [5.41, 5.74) is 3.39. The van der Waals surface area contributed by atoms with E-state index in [-0.39, 0.29) is 17.1 Å². The zero-order valence-corrected chi connectivity index (χ0v) is 13.7. The number of amidine groups is 1. The van der Waals surface area contributed by atoms with E-state index < -0.39 is 0 Å². The van der Waals surface area contributed by atoms with Crippen molar-refractivity contribution in [3.05, 3.63) is 47.5 Å². The lowest BCUT2D eigenvalue weighted by Gasteiger charge is -2.13. The first-order valence-electron chi connectivity index (χ1n) is 6.69. The lowest BCUT2D eigenvalue weighted by atomic mass is 10.1. The Morgan fingerprint density at radius 2 is 2.18 bits per heavy atom. The number of hydrazone groups is 1. The topological polar surface area (TPSA) is 61.8 Å². The molecule has 5 nitrogen and oxygen atoms in total. The average molecular weight is 338 g/mol. The maximum Gasteiger partial charge on any atom is 0.242 e. The van der Waals surface area contributed by atoms with Crippen molar-refractivity contribution in [3.63, 3.8) is 0 Å². The molecule has 2 rings (SSSR count). The van der Waals surface area contributed by atoms with Gasteiger partial charge < -0.3 is 0 Å². The second kappa shape index (κ2) is 7.47. The van der Waals surface area contributed by atoms with Gasteiger partial charge in [0.05, 0.1) is 5.25 Å². The molecular formula is C15H16ClN3O2S. The zero-order valence-electron chi connectivity index (χ0n) is 12.1. The SMILES string of the molecule is C=CCN1C(=O)[C@@H](Cc2ccc(Cl)cc2)S/C1=N\NC(C)=O. The molecule has 1 heterocycles. The fraction of sp³-hybridized carbons (Fsp3) is 0.267. The van der Waals surface area contributed by atoms with Crippen molar-refractivity contribution in [2.75, 3.05) is 6.54 Å². The van der Waals surface area contributed by atoms with Gasteiger partial charge in [-0.1, -0.05) is 41.6 Å². The quantitative estimate of drug-likeness (QED) is 0.663. The van der Waals surface area contributed by atoms with Gasteiger partial charge in [0.2, 0.25) is 11.8 Å². The number of thioether (sulfide) groups is 1. The molecule has 0 aromatic heterocycles. The van der Waals surface area contributed by atoms with Crippen LogP contribution in [0, 0.1) is 0 Å². The van der Waals surface area contributed by atoms with Gasteiger partial charge in [0.1, 0.15) is 0 Å². The van der Waals surface area contributed by atoms with Gasteiger partial charge in [-0.15, -0.1) is 11.7 Å². The number of carbonyl (C=O) groups excluding carboxylic acids is 2. The fourth-order valence-electron chi connectivity index (χ4n) is 1.98. The van der Waals surface area contributed by atoms with Crippen LogP contribution in [0.25, 0.3) is 0 Å². The van der Waals surface area contributed by atoms with Crippen LogP contribution in [0.1, 0.15) is 12.5 Å². The van der Waals surface area contributed by atoms with Gasteiger partial charge in [-0.25, -0.2) is 5.43 Å². The highest BCUT2D eigenvalue weighted by Crippen LogP contribution is 2.29. The highest BCUT2D eigenvalue weighted by molar-refractivity contribution is 8.15. The Kier molecular flexibility index (Phi) is 5.63. The van der Waals surface area contributed by atoms with Crippen LogP contribution in [0.15, 0.2) is 42.0 Å². The first-order chi connectivity index (χ1) is 10.5. The van der Waals surface area contributed by atoms with E-state index in [0.29, 0.717) is 23.2 Å². The maximum atomic E-state index is 12.5. The van der Waals surface area contributed by atoms with Gasteiger partial charge in [-0.2, -0.15) is 0 Å². The van der Waals surface area contributed by atoms with E-state index in [1.165, 1.54) is 23.6 Å². The van der Waals surface area contributed by atoms with Crippen LogP contribution in [-0.4, -0.2) is 33.7 Å². The molecule has 0 radical (unpaired) electrons. The number of benzene rings is 1. The van der Waals surface area contributed by atoms with Crippen LogP contribution in [0.2, 0.25) is 5.02 Å². The van der Waals surface area contributed by atoms with Gasteiger partial charge in [0.15, 0.2) is 5.17 Å².